The summed E-state index contributed by atoms with van der Waals surface area (Å²) in [6.07, 6.45) is 7.27. The van der Waals surface area contributed by atoms with Crippen molar-refractivity contribution < 1.29 is 9.53 Å². The van der Waals surface area contributed by atoms with Crippen LogP contribution in [-0.4, -0.2) is 39.4 Å². The Bertz CT molecular complexity index is 847. The molecule has 0 amide bonds. The largest absolute Gasteiger partial charge is 0.468 e. The number of aromatic nitrogens is 2. The summed E-state index contributed by atoms with van der Waals surface area (Å²) in [6.45, 7) is 0.515. The second-order valence-corrected chi connectivity index (χ2v) is 7.07. The minimum atomic E-state index is -0.228. The van der Waals surface area contributed by atoms with Crippen LogP contribution in [0.4, 0.5) is 0 Å². The monoisotopic (exact) mass is 341 g/mol. The number of methoxy groups -OCH3 is 1. The molecule has 0 N–H and O–H groups in total. The lowest BCUT2D eigenvalue weighted by molar-refractivity contribution is -0.146. The second-order valence-electron chi connectivity index (χ2n) is 7.07. The van der Waals surface area contributed by atoms with Crippen molar-refractivity contribution in [1.29, 1.82) is 0 Å². The quantitative estimate of drug-likeness (QED) is 0.799. The number of fused-ring (bicyclic) bond motifs is 2. The Balaban J connectivity index is 1.67. The van der Waals surface area contributed by atoms with Crippen LogP contribution < -0.4 is 5.56 Å². The maximum absolute atomic E-state index is 12.3. The minimum absolute atomic E-state index is 0.0883. The SMILES string of the molecule is COC(=O)[C@@H]1C[C@@H]2CCCC[C@H]2N1Cc1cc(=O)n2ccccc2n1. The number of likely N-dealkylation sites (tertiary alicyclic amines) is 1. The van der Waals surface area contributed by atoms with Gasteiger partial charge >= 0.3 is 5.97 Å². The molecule has 0 spiro atoms. The molecule has 3 heterocycles. The molecule has 0 aromatic carbocycles. The first-order valence-electron chi connectivity index (χ1n) is 8.98. The molecule has 2 fully saturated rings. The molecule has 6 heteroatoms. The summed E-state index contributed by atoms with van der Waals surface area (Å²) in [5.74, 6) is 0.367. The van der Waals surface area contributed by atoms with E-state index in [0.717, 1.165) is 18.5 Å². The molecular weight excluding hydrogens is 318 g/mol. The van der Waals surface area contributed by atoms with Crippen LogP contribution in [-0.2, 0) is 16.1 Å². The maximum Gasteiger partial charge on any atom is 0.323 e. The molecule has 6 nitrogen and oxygen atoms in total. The lowest BCUT2D eigenvalue weighted by atomic mass is 9.85. The summed E-state index contributed by atoms with van der Waals surface area (Å²) in [5.41, 5.74) is 1.27. The molecule has 2 aromatic heterocycles. The van der Waals surface area contributed by atoms with Gasteiger partial charge in [-0.1, -0.05) is 18.9 Å². The van der Waals surface area contributed by atoms with Gasteiger partial charge in [-0.15, -0.1) is 0 Å². The Morgan fingerprint density at radius 2 is 2.16 bits per heavy atom. The molecule has 25 heavy (non-hydrogen) atoms. The summed E-state index contributed by atoms with van der Waals surface area (Å²) >= 11 is 0. The smallest absolute Gasteiger partial charge is 0.323 e. The molecular formula is C19H23N3O3. The zero-order valence-corrected chi connectivity index (χ0v) is 14.4. The van der Waals surface area contributed by atoms with E-state index < -0.39 is 0 Å². The highest BCUT2D eigenvalue weighted by molar-refractivity contribution is 5.76. The van der Waals surface area contributed by atoms with E-state index in [9.17, 15) is 9.59 Å². The maximum atomic E-state index is 12.3. The third-order valence-corrected chi connectivity index (χ3v) is 5.66. The molecule has 2 aromatic rings. The van der Waals surface area contributed by atoms with Crippen LogP contribution >= 0.6 is 0 Å². The molecule has 2 aliphatic rings. The fraction of sp³-hybridized carbons (Fsp3) is 0.526. The third-order valence-electron chi connectivity index (χ3n) is 5.66. The molecule has 0 unspecified atom stereocenters. The van der Waals surface area contributed by atoms with Gasteiger partial charge in [0.2, 0.25) is 0 Å². The second kappa shape index (κ2) is 6.59. The van der Waals surface area contributed by atoms with Crippen molar-refractivity contribution in [1.82, 2.24) is 14.3 Å². The van der Waals surface area contributed by atoms with Crippen LogP contribution in [0.1, 0.15) is 37.8 Å². The van der Waals surface area contributed by atoms with Gasteiger partial charge in [-0.05, 0) is 37.3 Å². The number of carbonyl (C=O) groups is 1. The van der Waals surface area contributed by atoms with Crippen LogP contribution in [0.25, 0.3) is 5.65 Å². The Kier molecular flexibility index (Phi) is 4.29. The fourth-order valence-electron chi connectivity index (χ4n) is 4.52. The first kappa shape index (κ1) is 16.3. The Morgan fingerprint density at radius 1 is 1.32 bits per heavy atom. The number of carbonyl (C=O) groups excluding carboxylic acids is 1. The van der Waals surface area contributed by atoms with Gasteiger partial charge in [0.15, 0.2) is 0 Å². The van der Waals surface area contributed by atoms with Crippen LogP contribution in [0.3, 0.4) is 0 Å². The van der Waals surface area contributed by atoms with Crippen molar-refractivity contribution in [3.8, 4) is 0 Å². The standard InChI is InChI=1S/C19H23N3O3/c1-25-19(24)16-10-13-6-2-3-7-15(13)22(16)12-14-11-18(23)21-9-5-4-8-17(21)20-14/h4-5,8-9,11,13,15-16H,2-3,6-7,10,12H2,1H3/t13-,15+,16-/m0/s1. The van der Waals surface area contributed by atoms with Gasteiger partial charge in [-0.3, -0.25) is 18.9 Å². The average Bonchev–Trinajstić information content (AvgIpc) is 3.00. The molecule has 0 radical (unpaired) electrons. The van der Waals surface area contributed by atoms with Crippen molar-refractivity contribution in [3.05, 3.63) is 46.5 Å². The van der Waals surface area contributed by atoms with Gasteiger partial charge in [0, 0.05) is 24.8 Å². The van der Waals surface area contributed by atoms with Gasteiger partial charge in [0.25, 0.3) is 5.56 Å². The first-order valence-corrected chi connectivity index (χ1v) is 8.98. The number of hydrogen-bond acceptors (Lipinski definition) is 5. The van der Waals surface area contributed by atoms with E-state index >= 15 is 0 Å². The lowest BCUT2D eigenvalue weighted by Crippen LogP contribution is -2.42. The Labute approximate surface area is 146 Å². The fourth-order valence-corrected chi connectivity index (χ4v) is 4.52. The van der Waals surface area contributed by atoms with Gasteiger partial charge in [0.1, 0.15) is 11.7 Å². The van der Waals surface area contributed by atoms with E-state index in [2.05, 4.69) is 9.88 Å². The van der Waals surface area contributed by atoms with Crippen molar-refractivity contribution in [2.24, 2.45) is 5.92 Å². The number of hydrogen-bond donors (Lipinski definition) is 0. The molecule has 1 aliphatic heterocycles. The van der Waals surface area contributed by atoms with Gasteiger partial charge in [-0.25, -0.2) is 4.98 Å². The summed E-state index contributed by atoms with van der Waals surface area (Å²) in [4.78, 5) is 31.5. The predicted molar refractivity (Wildman–Crippen MR) is 93.2 cm³/mol. The summed E-state index contributed by atoms with van der Waals surface area (Å²) < 4.78 is 6.57. The number of ether oxygens (including phenoxy) is 1. The van der Waals surface area contributed by atoms with Gasteiger partial charge < -0.3 is 4.74 Å². The highest BCUT2D eigenvalue weighted by Crippen LogP contribution is 2.40. The number of pyridine rings is 1. The predicted octanol–water partition coefficient (Wildman–Crippen LogP) is 2.00. The zero-order valence-electron chi connectivity index (χ0n) is 14.4. The van der Waals surface area contributed by atoms with Gasteiger partial charge in [-0.2, -0.15) is 0 Å². The molecule has 0 bridgehead atoms. The zero-order chi connectivity index (χ0) is 17.4. The van der Waals surface area contributed by atoms with E-state index in [4.69, 9.17) is 4.74 Å². The van der Waals surface area contributed by atoms with Crippen molar-refractivity contribution in [3.63, 3.8) is 0 Å². The number of esters is 1. The number of nitrogens with zero attached hydrogens (tertiary/aromatic N) is 3. The summed E-state index contributed by atoms with van der Waals surface area (Å²) in [7, 11) is 1.45. The Morgan fingerprint density at radius 3 is 3.00 bits per heavy atom. The first-order chi connectivity index (χ1) is 12.2. The summed E-state index contributed by atoms with van der Waals surface area (Å²) in [5, 5.41) is 0. The normalized spacial score (nSPS) is 26.5. The molecule has 1 saturated heterocycles. The molecule has 1 aliphatic carbocycles. The molecule has 132 valence electrons. The lowest BCUT2D eigenvalue weighted by Gasteiger charge is -2.32. The highest BCUT2D eigenvalue weighted by Gasteiger charge is 2.45. The minimum Gasteiger partial charge on any atom is -0.468 e. The highest BCUT2D eigenvalue weighted by atomic mass is 16.5. The molecule has 3 atom stereocenters. The third kappa shape index (κ3) is 2.95. The molecule has 4 rings (SSSR count). The van der Waals surface area contributed by atoms with E-state index in [1.54, 1.807) is 12.3 Å². The van der Waals surface area contributed by atoms with Gasteiger partial charge in [0.05, 0.1) is 12.8 Å². The van der Waals surface area contributed by atoms with Crippen LogP contribution in [0, 0.1) is 5.92 Å². The van der Waals surface area contributed by atoms with E-state index in [0.29, 0.717) is 24.2 Å². The topological polar surface area (TPSA) is 63.9 Å². The average molecular weight is 341 g/mol. The van der Waals surface area contributed by atoms with Crippen molar-refractivity contribution in [2.75, 3.05) is 7.11 Å². The van der Waals surface area contributed by atoms with Crippen LogP contribution in [0.2, 0.25) is 0 Å². The van der Waals surface area contributed by atoms with Crippen LogP contribution in [0.5, 0.6) is 0 Å². The van der Waals surface area contributed by atoms with Crippen LogP contribution in [0.15, 0.2) is 35.3 Å². The summed E-state index contributed by atoms with van der Waals surface area (Å²) in [6, 6.07) is 7.25. The number of rotatable bonds is 3. The van der Waals surface area contributed by atoms with Crippen molar-refractivity contribution in [2.45, 2.75) is 50.7 Å². The van der Waals surface area contributed by atoms with E-state index in [1.165, 1.54) is 30.8 Å². The Hall–Kier alpha value is -2.21. The van der Waals surface area contributed by atoms with E-state index in [-0.39, 0.29) is 17.6 Å². The molecule has 1 saturated carbocycles. The van der Waals surface area contributed by atoms with E-state index in [1.807, 2.05) is 18.2 Å². The van der Waals surface area contributed by atoms with Crippen molar-refractivity contribution >= 4 is 11.6 Å².